The first-order chi connectivity index (χ1) is 20.7. The van der Waals surface area contributed by atoms with Gasteiger partial charge in [0.25, 0.3) is 10.0 Å². The van der Waals surface area contributed by atoms with Crippen molar-refractivity contribution in [2.75, 3.05) is 24.6 Å². The number of methoxy groups -OCH3 is 1. The van der Waals surface area contributed by atoms with E-state index in [0.29, 0.717) is 17.8 Å². The Hall–Kier alpha value is -3.88. The number of nitrogens with zero attached hydrogens (tertiary/aromatic N) is 2. The van der Waals surface area contributed by atoms with Crippen LogP contribution in [0.15, 0.2) is 53.6 Å². The van der Waals surface area contributed by atoms with Crippen LogP contribution in [-0.2, 0) is 20.9 Å². The van der Waals surface area contributed by atoms with Gasteiger partial charge in [0.2, 0.25) is 5.88 Å². The number of anilines is 1. The summed E-state index contributed by atoms with van der Waals surface area (Å²) >= 11 is 6.11. The minimum atomic E-state index is -4.92. The summed E-state index contributed by atoms with van der Waals surface area (Å²) in [6, 6.07) is 9.08. The molecule has 15 heteroatoms. The lowest BCUT2D eigenvalue weighted by Gasteiger charge is -2.36. The van der Waals surface area contributed by atoms with Crippen molar-refractivity contribution < 1.29 is 45.3 Å². The van der Waals surface area contributed by atoms with Crippen LogP contribution in [0.4, 0.5) is 23.2 Å². The van der Waals surface area contributed by atoms with Crippen molar-refractivity contribution in [1.82, 2.24) is 4.98 Å². The summed E-state index contributed by atoms with van der Waals surface area (Å²) in [4.78, 5) is 2.75. The molecule has 0 saturated carbocycles. The van der Waals surface area contributed by atoms with Crippen molar-refractivity contribution >= 4 is 45.4 Å². The van der Waals surface area contributed by atoms with Crippen molar-refractivity contribution in [3.63, 3.8) is 0 Å². The summed E-state index contributed by atoms with van der Waals surface area (Å²) in [5.74, 6) is -1.18. The molecule has 2 N–H and O–H groups in total. The Bertz CT molecular complexity index is 1650. The Morgan fingerprint density at radius 3 is 2.68 bits per heavy atom. The Morgan fingerprint density at radius 1 is 1.27 bits per heavy atom. The number of aliphatic hydroxyl groups is 1. The molecular formula is C29H28ClF4N3O6S. The van der Waals surface area contributed by atoms with Crippen LogP contribution in [0.25, 0.3) is 12.2 Å². The average molecular weight is 658 g/mol. The number of aromatic nitrogens is 1. The van der Waals surface area contributed by atoms with E-state index in [1.54, 1.807) is 6.07 Å². The number of benzene rings is 2. The van der Waals surface area contributed by atoms with Crippen molar-refractivity contribution in [1.29, 1.82) is 5.41 Å². The fourth-order valence-corrected chi connectivity index (χ4v) is 6.09. The Morgan fingerprint density at radius 2 is 2.02 bits per heavy atom. The lowest BCUT2D eigenvalue weighted by Crippen LogP contribution is -2.44. The van der Waals surface area contributed by atoms with Crippen molar-refractivity contribution in [2.45, 2.75) is 43.0 Å². The van der Waals surface area contributed by atoms with Crippen LogP contribution in [0.1, 0.15) is 36.5 Å². The van der Waals surface area contributed by atoms with Crippen LogP contribution in [0.3, 0.4) is 0 Å². The summed E-state index contributed by atoms with van der Waals surface area (Å²) in [6.07, 6.45) is -3.22. The van der Waals surface area contributed by atoms with E-state index in [1.807, 2.05) is 0 Å². The van der Waals surface area contributed by atoms with Crippen LogP contribution < -0.4 is 13.8 Å². The first kappa shape index (κ1) is 33.0. The molecule has 9 nitrogen and oxygen atoms in total. The second-order valence-corrected chi connectivity index (χ2v) is 12.1. The van der Waals surface area contributed by atoms with E-state index in [-0.39, 0.29) is 47.3 Å². The van der Waals surface area contributed by atoms with E-state index in [9.17, 15) is 31.1 Å². The summed E-state index contributed by atoms with van der Waals surface area (Å²) in [5.41, 5.74) is -0.830. The second kappa shape index (κ2) is 13.4. The van der Waals surface area contributed by atoms with Gasteiger partial charge in [0.1, 0.15) is 24.3 Å². The van der Waals surface area contributed by atoms with Gasteiger partial charge in [-0.3, -0.25) is 9.71 Å². The molecule has 0 fully saturated rings. The van der Waals surface area contributed by atoms with Crippen LogP contribution >= 0.6 is 11.6 Å². The number of aliphatic hydroxyl groups excluding tert-OH is 1. The fraction of sp³-hybridized carbons (Fsp3) is 0.310. The van der Waals surface area contributed by atoms with Crippen LogP contribution in [0, 0.1) is 11.2 Å². The van der Waals surface area contributed by atoms with Crippen molar-refractivity contribution in [3.05, 3.63) is 76.2 Å². The molecule has 3 aromatic rings. The Balaban J connectivity index is 1.82. The second-order valence-electron chi connectivity index (χ2n) is 9.82. The molecule has 1 aliphatic rings. The zero-order valence-electron chi connectivity index (χ0n) is 23.4. The monoisotopic (exact) mass is 657 g/mol. The Labute approximate surface area is 256 Å². The molecule has 2 heterocycles. The molecule has 0 aliphatic carbocycles. The Kier molecular flexibility index (Phi) is 10.1. The number of sulfonamides is 1. The summed E-state index contributed by atoms with van der Waals surface area (Å²) in [6.45, 7) is 0.572. The van der Waals surface area contributed by atoms with Gasteiger partial charge in [-0.15, -0.1) is 0 Å². The highest BCUT2D eigenvalue weighted by molar-refractivity contribution is 7.93. The summed E-state index contributed by atoms with van der Waals surface area (Å²) in [7, 11) is -3.50. The van der Waals surface area contributed by atoms with Gasteiger partial charge in [-0.25, -0.2) is 17.8 Å². The van der Waals surface area contributed by atoms with Gasteiger partial charge in [-0.2, -0.15) is 13.2 Å². The predicted molar refractivity (Wildman–Crippen MR) is 156 cm³/mol. The maximum absolute atomic E-state index is 14.3. The minimum Gasteiger partial charge on any atom is -0.486 e. The highest BCUT2D eigenvalue weighted by atomic mass is 35.5. The maximum atomic E-state index is 14.3. The quantitative estimate of drug-likeness (QED) is 0.116. The number of hydrogen-bond acceptors (Lipinski definition) is 8. The van der Waals surface area contributed by atoms with Gasteiger partial charge in [0.05, 0.1) is 36.0 Å². The number of ether oxygens (including phenoxy) is 3. The molecule has 0 bridgehead atoms. The molecule has 2 atom stereocenters. The predicted octanol–water partition coefficient (Wildman–Crippen LogP) is 6.18. The first-order valence-corrected chi connectivity index (χ1v) is 15.0. The van der Waals surface area contributed by atoms with Crippen molar-refractivity contribution in [2.24, 2.45) is 0 Å². The standard InChI is InChI=1S/C29H28ClF4N3O6S/c1-17(38)16-42-28-26(13-19(14-36-28)29(32,33)34)44(39,40)37-15-20(8-11-27(35)41-2)43-25-10-7-18(12-24(25)37)6-9-21-22(30)4-3-5-23(21)31/h3-7,9-10,12-14,17,20,35,38H,8,11,15-16H2,1-2H3/b9-6+,35-27?/t17-,20+/m1/s1. The number of alkyl halides is 3. The molecule has 0 radical (unpaired) electrons. The number of rotatable bonds is 10. The molecule has 4 rings (SSSR count). The smallest absolute Gasteiger partial charge is 0.417 e. The third kappa shape index (κ3) is 7.60. The van der Waals surface area contributed by atoms with Crippen LogP contribution in [-0.4, -0.2) is 56.9 Å². The van der Waals surface area contributed by atoms with E-state index in [4.69, 9.17) is 31.2 Å². The van der Waals surface area contributed by atoms with Gasteiger partial charge in [-0.1, -0.05) is 29.8 Å². The highest BCUT2D eigenvalue weighted by Gasteiger charge is 2.39. The molecule has 0 spiro atoms. The number of halogens is 5. The first-order valence-electron chi connectivity index (χ1n) is 13.2. The molecule has 0 amide bonds. The largest absolute Gasteiger partial charge is 0.486 e. The third-order valence-electron chi connectivity index (χ3n) is 6.47. The topological polar surface area (TPSA) is 122 Å². The van der Waals surface area contributed by atoms with E-state index in [2.05, 4.69) is 4.98 Å². The molecule has 1 aliphatic heterocycles. The SMILES string of the molecule is COC(=N)CC[C@H]1CN(S(=O)(=O)c2cc(C(F)(F)F)cnc2OC[C@@H](C)O)c2cc(/C=C/c3c(F)cccc3Cl)ccc2O1. The normalized spacial score (nSPS) is 15.9. The maximum Gasteiger partial charge on any atom is 0.417 e. The lowest BCUT2D eigenvalue weighted by molar-refractivity contribution is -0.138. The minimum absolute atomic E-state index is 0.0104. The molecular weight excluding hydrogens is 630 g/mol. The molecule has 2 aromatic carbocycles. The zero-order chi connectivity index (χ0) is 32.2. The van der Waals surface area contributed by atoms with Crippen LogP contribution in [0.2, 0.25) is 5.02 Å². The van der Waals surface area contributed by atoms with Gasteiger partial charge < -0.3 is 19.3 Å². The number of pyridine rings is 1. The summed E-state index contributed by atoms with van der Waals surface area (Å²) in [5, 5.41) is 17.6. The molecule has 236 valence electrons. The third-order valence-corrected chi connectivity index (χ3v) is 8.58. The van der Waals surface area contributed by atoms with Crippen LogP contribution in [0.5, 0.6) is 11.6 Å². The fourth-order valence-electron chi connectivity index (χ4n) is 4.25. The van der Waals surface area contributed by atoms with E-state index < -0.39 is 57.2 Å². The molecule has 0 saturated heterocycles. The number of hydrogen-bond donors (Lipinski definition) is 2. The number of nitrogens with one attached hydrogen (secondary N) is 1. The van der Waals surface area contributed by atoms with Crippen molar-refractivity contribution in [3.8, 4) is 11.6 Å². The number of fused-ring (bicyclic) bond motifs is 1. The van der Waals surface area contributed by atoms with Gasteiger partial charge in [0.15, 0.2) is 10.8 Å². The molecule has 0 unspecified atom stereocenters. The van der Waals surface area contributed by atoms with Gasteiger partial charge >= 0.3 is 6.18 Å². The lowest BCUT2D eigenvalue weighted by atomic mass is 10.1. The summed E-state index contributed by atoms with van der Waals surface area (Å²) < 4.78 is 101. The van der Waals surface area contributed by atoms with E-state index in [1.165, 1.54) is 56.5 Å². The molecule has 44 heavy (non-hydrogen) atoms. The zero-order valence-corrected chi connectivity index (χ0v) is 25.0. The molecule has 1 aromatic heterocycles. The van der Waals surface area contributed by atoms with Gasteiger partial charge in [0, 0.05) is 18.2 Å². The van der Waals surface area contributed by atoms with E-state index in [0.717, 1.165) is 4.31 Å². The van der Waals surface area contributed by atoms with E-state index >= 15 is 0 Å². The van der Waals surface area contributed by atoms with Gasteiger partial charge in [-0.05, 0) is 55.3 Å². The average Bonchev–Trinajstić information content (AvgIpc) is 2.97. The highest BCUT2D eigenvalue weighted by Crippen LogP contribution is 2.41.